The molecule has 0 fully saturated rings. The number of nitrogens with zero attached hydrogens (tertiary/aromatic N) is 5. The number of rotatable bonds is 4. The minimum absolute atomic E-state index is 0.220. The Morgan fingerprint density at radius 3 is 2.59 bits per heavy atom. The number of aromatic hydroxyl groups is 1. The van der Waals surface area contributed by atoms with E-state index in [1.54, 1.807) is 12.3 Å². The lowest BCUT2D eigenvalue weighted by molar-refractivity contribution is -0.137. The van der Waals surface area contributed by atoms with E-state index in [-0.39, 0.29) is 16.9 Å². The zero-order chi connectivity index (χ0) is 20.8. The first-order chi connectivity index (χ1) is 13.7. The summed E-state index contributed by atoms with van der Waals surface area (Å²) in [5.41, 5.74) is 0.688. The van der Waals surface area contributed by atoms with Gasteiger partial charge < -0.3 is 15.0 Å². The molecule has 0 radical (unpaired) electrons. The summed E-state index contributed by atoms with van der Waals surface area (Å²) < 4.78 is 42.3. The number of alkyl halides is 3. The predicted octanol–water partition coefficient (Wildman–Crippen LogP) is 4.39. The normalized spacial score (nSPS) is 11.9. The molecule has 1 aromatic carbocycles. The highest BCUT2D eigenvalue weighted by atomic mass is 19.4. The largest absolute Gasteiger partial charge is 0.507 e. The number of phenols is 1. The van der Waals surface area contributed by atoms with E-state index < -0.39 is 17.5 Å². The monoisotopic (exact) mass is 402 g/mol. The standard InChI is InChI=1S/C19H17F3N6O/c1-3-27-6-4-13(10-27)23-17-25-18-24-14(5-7-28(18)26-17)16-11(2)8-12(9-15(16)29)19(20,21)22/h4-10,29H,3H2,1-2H3,(H,23,26). The topological polar surface area (TPSA) is 80.3 Å². The van der Waals surface area contributed by atoms with Gasteiger partial charge in [0.1, 0.15) is 5.75 Å². The van der Waals surface area contributed by atoms with Crippen LogP contribution in [0.2, 0.25) is 0 Å². The van der Waals surface area contributed by atoms with Crippen molar-refractivity contribution in [2.75, 3.05) is 5.32 Å². The third-order valence-electron chi connectivity index (χ3n) is 4.48. The Bertz CT molecular complexity index is 1170. The highest BCUT2D eigenvalue weighted by Gasteiger charge is 2.32. The molecular weight excluding hydrogens is 385 g/mol. The molecule has 4 rings (SSSR count). The van der Waals surface area contributed by atoms with Crippen LogP contribution in [0.3, 0.4) is 0 Å². The molecule has 7 nitrogen and oxygen atoms in total. The highest BCUT2D eigenvalue weighted by Crippen LogP contribution is 2.38. The SMILES string of the molecule is CCn1ccc(Nc2nc3nc(-c4c(C)cc(C(F)(F)F)cc4O)ccn3n2)c1. The van der Waals surface area contributed by atoms with Crippen molar-refractivity contribution in [1.29, 1.82) is 0 Å². The lowest BCUT2D eigenvalue weighted by Gasteiger charge is -2.13. The summed E-state index contributed by atoms with van der Waals surface area (Å²) in [7, 11) is 0. The van der Waals surface area contributed by atoms with Crippen molar-refractivity contribution in [2.45, 2.75) is 26.6 Å². The van der Waals surface area contributed by atoms with Gasteiger partial charge in [0.15, 0.2) is 0 Å². The predicted molar refractivity (Wildman–Crippen MR) is 101 cm³/mol. The number of aryl methyl sites for hydroxylation is 2. The van der Waals surface area contributed by atoms with Crippen LogP contribution in [-0.4, -0.2) is 29.3 Å². The van der Waals surface area contributed by atoms with E-state index in [2.05, 4.69) is 20.4 Å². The lowest BCUT2D eigenvalue weighted by Crippen LogP contribution is -2.06. The van der Waals surface area contributed by atoms with Crippen molar-refractivity contribution >= 4 is 17.4 Å². The summed E-state index contributed by atoms with van der Waals surface area (Å²) in [5.74, 6) is 0.0865. The number of anilines is 2. The van der Waals surface area contributed by atoms with Crippen LogP contribution < -0.4 is 5.32 Å². The number of hydrogen-bond acceptors (Lipinski definition) is 5. The van der Waals surface area contributed by atoms with Gasteiger partial charge in [0.05, 0.1) is 16.9 Å². The van der Waals surface area contributed by atoms with Gasteiger partial charge in [-0.1, -0.05) is 0 Å². The maximum Gasteiger partial charge on any atom is 0.416 e. The molecule has 0 saturated heterocycles. The van der Waals surface area contributed by atoms with E-state index in [0.717, 1.165) is 18.3 Å². The Labute approximate surface area is 163 Å². The fourth-order valence-electron chi connectivity index (χ4n) is 3.08. The molecule has 0 aliphatic carbocycles. The molecule has 150 valence electrons. The van der Waals surface area contributed by atoms with E-state index in [9.17, 15) is 18.3 Å². The minimum atomic E-state index is -4.54. The number of nitrogens with one attached hydrogen (secondary N) is 1. The van der Waals surface area contributed by atoms with Crippen LogP contribution in [0.4, 0.5) is 24.8 Å². The summed E-state index contributed by atoms with van der Waals surface area (Å²) in [6, 6.07) is 5.13. The molecule has 3 aromatic heterocycles. The second-order valence-corrected chi connectivity index (χ2v) is 6.53. The Hall–Kier alpha value is -3.56. The van der Waals surface area contributed by atoms with Crippen LogP contribution in [-0.2, 0) is 12.7 Å². The van der Waals surface area contributed by atoms with Gasteiger partial charge in [-0.05, 0) is 43.7 Å². The van der Waals surface area contributed by atoms with E-state index in [1.165, 1.54) is 11.4 Å². The number of phenolic OH excluding ortho intramolecular Hbond substituents is 1. The van der Waals surface area contributed by atoms with Crippen LogP contribution in [0, 0.1) is 6.92 Å². The molecule has 0 aliphatic heterocycles. The van der Waals surface area contributed by atoms with Crippen LogP contribution in [0.25, 0.3) is 17.0 Å². The fourth-order valence-corrected chi connectivity index (χ4v) is 3.08. The average molecular weight is 402 g/mol. The van der Waals surface area contributed by atoms with Gasteiger partial charge in [0, 0.05) is 30.7 Å². The minimum Gasteiger partial charge on any atom is -0.507 e. The van der Waals surface area contributed by atoms with Gasteiger partial charge in [-0.15, -0.1) is 5.10 Å². The summed E-state index contributed by atoms with van der Waals surface area (Å²) in [6.07, 6.45) is 0.880. The van der Waals surface area contributed by atoms with Gasteiger partial charge in [-0.3, -0.25) is 0 Å². The molecule has 2 N–H and O–H groups in total. The number of halogens is 3. The van der Waals surface area contributed by atoms with Crippen molar-refractivity contribution in [3.63, 3.8) is 0 Å². The van der Waals surface area contributed by atoms with Crippen LogP contribution >= 0.6 is 0 Å². The first-order valence-electron chi connectivity index (χ1n) is 8.82. The Morgan fingerprint density at radius 1 is 1.14 bits per heavy atom. The molecule has 0 atom stereocenters. The molecule has 3 heterocycles. The Kier molecular flexibility index (Phi) is 4.40. The van der Waals surface area contributed by atoms with Crippen molar-refractivity contribution in [3.8, 4) is 17.0 Å². The highest BCUT2D eigenvalue weighted by molar-refractivity contribution is 5.72. The van der Waals surface area contributed by atoms with Crippen LogP contribution in [0.15, 0.2) is 42.9 Å². The van der Waals surface area contributed by atoms with Gasteiger partial charge in [-0.25, -0.2) is 9.50 Å². The van der Waals surface area contributed by atoms with E-state index >= 15 is 0 Å². The van der Waals surface area contributed by atoms with E-state index in [0.29, 0.717) is 17.7 Å². The third-order valence-corrected chi connectivity index (χ3v) is 4.48. The third kappa shape index (κ3) is 3.60. The molecule has 0 amide bonds. The van der Waals surface area contributed by atoms with Crippen molar-refractivity contribution in [3.05, 3.63) is 54.0 Å². The molecule has 29 heavy (non-hydrogen) atoms. The average Bonchev–Trinajstić information content (AvgIpc) is 3.26. The van der Waals surface area contributed by atoms with Crippen molar-refractivity contribution < 1.29 is 18.3 Å². The second-order valence-electron chi connectivity index (χ2n) is 6.53. The maximum absolute atomic E-state index is 12.9. The summed E-state index contributed by atoms with van der Waals surface area (Å²) in [5, 5.41) is 17.5. The number of benzene rings is 1. The molecule has 0 unspecified atom stereocenters. The fraction of sp³-hybridized carbons (Fsp3) is 0.211. The first-order valence-corrected chi connectivity index (χ1v) is 8.82. The Balaban J connectivity index is 1.69. The molecule has 4 aromatic rings. The van der Waals surface area contributed by atoms with Gasteiger partial charge in [-0.2, -0.15) is 18.2 Å². The van der Waals surface area contributed by atoms with Gasteiger partial charge in [0.25, 0.3) is 5.78 Å². The molecule has 0 aliphatic rings. The zero-order valence-electron chi connectivity index (χ0n) is 15.6. The molecule has 0 spiro atoms. The van der Waals surface area contributed by atoms with Crippen molar-refractivity contribution in [1.82, 2.24) is 24.1 Å². The maximum atomic E-state index is 12.9. The zero-order valence-corrected chi connectivity index (χ0v) is 15.6. The second kappa shape index (κ2) is 6.80. The summed E-state index contributed by atoms with van der Waals surface area (Å²) >= 11 is 0. The molecule has 0 saturated carbocycles. The quantitative estimate of drug-likeness (QED) is 0.529. The van der Waals surface area contributed by atoms with Crippen LogP contribution in [0.5, 0.6) is 5.75 Å². The van der Waals surface area contributed by atoms with E-state index in [1.807, 2.05) is 30.0 Å². The molecule has 0 bridgehead atoms. The lowest BCUT2D eigenvalue weighted by atomic mass is 10.0. The van der Waals surface area contributed by atoms with Gasteiger partial charge in [0.2, 0.25) is 5.95 Å². The van der Waals surface area contributed by atoms with Gasteiger partial charge >= 0.3 is 6.18 Å². The smallest absolute Gasteiger partial charge is 0.416 e. The number of aromatic nitrogens is 5. The van der Waals surface area contributed by atoms with Crippen LogP contribution in [0.1, 0.15) is 18.1 Å². The van der Waals surface area contributed by atoms with E-state index in [4.69, 9.17) is 0 Å². The summed E-state index contributed by atoms with van der Waals surface area (Å²) in [6.45, 7) is 4.35. The molecule has 10 heteroatoms. The van der Waals surface area contributed by atoms with Crippen molar-refractivity contribution in [2.24, 2.45) is 0 Å². The summed E-state index contributed by atoms with van der Waals surface area (Å²) in [4.78, 5) is 8.65. The first kappa shape index (κ1) is 18.8. The number of fused-ring (bicyclic) bond motifs is 1. The Morgan fingerprint density at radius 2 is 1.93 bits per heavy atom. The number of hydrogen-bond donors (Lipinski definition) is 2. The molecular formula is C19H17F3N6O.